The van der Waals surface area contributed by atoms with E-state index in [0.717, 1.165) is 47.2 Å². The van der Waals surface area contributed by atoms with Gasteiger partial charge in [0.2, 0.25) is 0 Å². The Hall–Kier alpha value is -3.26. The van der Waals surface area contributed by atoms with Crippen molar-refractivity contribution in [3.05, 3.63) is 48.9 Å². The number of aryl methyl sites for hydroxylation is 1. The molecular formula is C22H24N8. The van der Waals surface area contributed by atoms with Crippen LogP contribution in [-0.2, 0) is 7.05 Å². The maximum atomic E-state index is 4.88. The second-order valence-electron chi connectivity index (χ2n) is 8.63. The largest absolute Gasteiger partial charge is 0.367 e. The predicted molar refractivity (Wildman–Crippen MR) is 115 cm³/mol. The molecule has 1 saturated heterocycles. The highest BCUT2D eigenvalue weighted by atomic mass is 15.3. The Bertz CT molecular complexity index is 1220. The van der Waals surface area contributed by atoms with Crippen molar-refractivity contribution in [2.24, 2.45) is 12.5 Å². The first-order chi connectivity index (χ1) is 14.7. The van der Waals surface area contributed by atoms with Gasteiger partial charge in [-0.1, -0.05) is 6.07 Å². The van der Waals surface area contributed by atoms with Crippen LogP contribution in [0, 0.1) is 5.41 Å². The molecule has 5 heterocycles. The summed E-state index contributed by atoms with van der Waals surface area (Å²) in [5.74, 6) is 0.917. The van der Waals surface area contributed by atoms with E-state index in [1.807, 2.05) is 60.5 Å². The van der Waals surface area contributed by atoms with Crippen LogP contribution in [-0.4, -0.2) is 48.5 Å². The van der Waals surface area contributed by atoms with Gasteiger partial charge in [-0.3, -0.25) is 4.68 Å². The molecule has 2 N–H and O–H groups in total. The second kappa shape index (κ2) is 6.63. The molecule has 1 saturated carbocycles. The van der Waals surface area contributed by atoms with Crippen molar-refractivity contribution in [2.45, 2.75) is 25.3 Å². The molecule has 4 aromatic rings. The van der Waals surface area contributed by atoms with Crippen LogP contribution in [0.4, 0.5) is 5.82 Å². The topological polar surface area (TPSA) is 85.0 Å². The lowest BCUT2D eigenvalue weighted by Gasteiger charge is -2.39. The number of rotatable bonds is 4. The van der Waals surface area contributed by atoms with E-state index >= 15 is 0 Å². The van der Waals surface area contributed by atoms with Crippen LogP contribution in [0.3, 0.4) is 0 Å². The van der Waals surface area contributed by atoms with Crippen LogP contribution >= 0.6 is 0 Å². The average molecular weight is 400 g/mol. The van der Waals surface area contributed by atoms with Crippen LogP contribution in [0.25, 0.3) is 28.3 Å². The van der Waals surface area contributed by atoms with Crippen molar-refractivity contribution in [3.8, 4) is 22.6 Å². The molecule has 0 aromatic carbocycles. The van der Waals surface area contributed by atoms with Gasteiger partial charge in [0.25, 0.3) is 0 Å². The maximum absolute atomic E-state index is 4.88. The SMILES string of the molecule is Cn1cc(-c2ccc3ncc(-c4cccc(NC5CCC6(CNC6)C5)n4)n3n2)cn1. The van der Waals surface area contributed by atoms with Gasteiger partial charge in [0, 0.05) is 37.9 Å². The molecule has 0 amide bonds. The zero-order valence-electron chi connectivity index (χ0n) is 16.9. The molecular weight excluding hydrogens is 376 g/mol. The lowest BCUT2D eigenvalue weighted by Crippen LogP contribution is -2.52. The third-order valence-electron chi connectivity index (χ3n) is 6.43. The summed E-state index contributed by atoms with van der Waals surface area (Å²) >= 11 is 0. The van der Waals surface area contributed by atoms with Crippen LogP contribution in [0.1, 0.15) is 19.3 Å². The Balaban J connectivity index is 1.30. The highest BCUT2D eigenvalue weighted by Crippen LogP contribution is 2.42. The van der Waals surface area contributed by atoms with E-state index in [0.29, 0.717) is 11.5 Å². The second-order valence-corrected chi connectivity index (χ2v) is 8.63. The summed E-state index contributed by atoms with van der Waals surface area (Å²) in [5, 5.41) is 16.1. The molecule has 6 rings (SSSR count). The normalized spacial score (nSPS) is 20.0. The number of hydrogen-bond acceptors (Lipinski definition) is 6. The fraction of sp³-hybridized carbons (Fsp3) is 0.364. The molecule has 0 radical (unpaired) electrons. The van der Waals surface area contributed by atoms with E-state index in [4.69, 9.17) is 10.1 Å². The predicted octanol–water partition coefficient (Wildman–Crippen LogP) is 2.75. The fourth-order valence-corrected chi connectivity index (χ4v) is 4.75. The van der Waals surface area contributed by atoms with Crippen molar-refractivity contribution in [3.63, 3.8) is 0 Å². The molecule has 1 spiro atoms. The molecule has 1 aliphatic carbocycles. The molecule has 2 fully saturated rings. The van der Waals surface area contributed by atoms with E-state index in [2.05, 4.69) is 20.7 Å². The number of nitrogens with zero attached hydrogens (tertiary/aromatic N) is 6. The van der Waals surface area contributed by atoms with Gasteiger partial charge >= 0.3 is 0 Å². The lowest BCUT2D eigenvalue weighted by atomic mass is 9.80. The lowest BCUT2D eigenvalue weighted by molar-refractivity contribution is 0.176. The van der Waals surface area contributed by atoms with Crippen molar-refractivity contribution < 1.29 is 0 Å². The van der Waals surface area contributed by atoms with Gasteiger partial charge in [-0.15, -0.1) is 0 Å². The number of imidazole rings is 1. The molecule has 1 aliphatic heterocycles. The van der Waals surface area contributed by atoms with Crippen molar-refractivity contribution in [2.75, 3.05) is 18.4 Å². The first-order valence-electron chi connectivity index (χ1n) is 10.5. The minimum atomic E-state index is 0.493. The Labute approximate surface area is 174 Å². The molecule has 30 heavy (non-hydrogen) atoms. The van der Waals surface area contributed by atoms with Crippen LogP contribution in [0.2, 0.25) is 0 Å². The number of nitrogens with one attached hydrogen (secondary N) is 2. The monoisotopic (exact) mass is 400 g/mol. The Kier molecular flexibility index (Phi) is 3.89. The number of aromatic nitrogens is 6. The van der Waals surface area contributed by atoms with Crippen molar-refractivity contribution in [1.29, 1.82) is 0 Å². The number of pyridine rings is 1. The van der Waals surface area contributed by atoms with Crippen LogP contribution in [0.5, 0.6) is 0 Å². The molecule has 1 atom stereocenters. The first kappa shape index (κ1) is 17.6. The smallest absolute Gasteiger partial charge is 0.154 e. The number of anilines is 1. The molecule has 8 heteroatoms. The summed E-state index contributed by atoms with van der Waals surface area (Å²) < 4.78 is 3.64. The van der Waals surface area contributed by atoms with Crippen molar-refractivity contribution >= 4 is 11.5 Å². The van der Waals surface area contributed by atoms with Gasteiger partial charge in [-0.25, -0.2) is 14.5 Å². The van der Waals surface area contributed by atoms with Gasteiger partial charge in [0.05, 0.1) is 23.8 Å². The molecule has 1 unspecified atom stereocenters. The van der Waals surface area contributed by atoms with Gasteiger partial charge in [-0.05, 0) is 48.9 Å². The van der Waals surface area contributed by atoms with E-state index < -0.39 is 0 Å². The average Bonchev–Trinajstić information content (AvgIpc) is 3.45. The van der Waals surface area contributed by atoms with E-state index in [1.165, 1.54) is 19.3 Å². The van der Waals surface area contributed by atoms with E-state index in [1.54, 1.807) is 4.68 Å². The summed E-state index contributed by atoms with van der Waals surface area (Å²) in [5.41, 5.74) is 4.89. The summed E-state index contributed by atoms with van der Waals surface area (Å²) in [6.45, 7) is 2.32. The molecule has 2 aliphatic rings. The van der Waals surface area contributed by atoms with Gasteiger partial charge in [0.15, 0.2) is 5.65 Å². The fourth-order valence-electron chi connectivity index (χ4n) is 4.75. The molecule has 0 bridgehead atoms. The molecule has 4 aromatic heterocycles. The van der Waals surface area contributed by atoms with E-state index in [-0.39, 0.29) is 0 Å². The van der Waals surface area contributed by atoms with Crippen LogP contribution < -0.4 is 10.6 Å². The van der Waals surface area contributed by atoms with Crippen LogP contribution in [0.15, 0.2) is 48.9 Å². The maximum Gasteiger partial charge on any atom is 0.154 e. The highest BCUT2D eigenvalue weighted by molar-refractivity contribution is 5.64. The summed E-state index contributed by atoms with van der Waals surface area (Å²) in [7, 11) is 1.90. The minimum Gasteiger partial charge on any atom is -0.367 e. The van der Waals surface area contributed by atoms with Gasteiger partial charge in [0.1, 0.15) is 11.5 Å². The van der Waals surface area contributed by atoms with Crippen molar-refractivity contribution in [1.82, 2.24) is 34.7 Å². The Morgan fingerprint density at radius 3 is 2.83 bits per heavy atom. The summed E-state index contributed by atoms with van der Waals surface area (Å²) in [6, 6.07) is 10.5. The minimum absolute atomic E-state index is 0.493. The highest BCUT2D eigenvalue weighted by Gasteiger charge is 2.43. The Morgan fingerprint density at radius 1 is 1.13 bits per heavy atom. The third-order valence-corrected chi connectivity index (χ3v) is 6.43. The third kappa shape index (κ3) is 2.95. The standard InChI is InChI=1S/C22H24N8/c1-29-12-15(10-25-29)17-5-6-21-24-11-19(30(21)28-17)18-3-2-4-20(27-18)26-16-7-8-22(9-16)13-23-14-22/h2-6,10-12,16,23H,7-9,13-14H2,1H3,(H,26,27). The molecule has 152 valence electrons. The quantitative estimate of drug-likeness (QED) is 0.548. The van der Waals surface area contributed by atoms with Gasteiger partial charge in [-0.2, -0.15) is 10.2 Å². The van der Waals surface area contributed by atoms with Gasteiger partial charge < -0.3 is 10.6 Å². The molecule has 8 nitrogen and oxygen atoms in total. The van der Waals surface area contributed by atoms with E-state index in [9.17, 15) is 0 Å². The zero-order valence-corrected chi connectivity index (χ0v) is 16.9. The zero-order chi connectivity index (χ0) is 20.1. The summed E-state index contributed by atoms with van der Waals surface area (Å²) in [4.78, 5) is 9.40. The number of hydrogen-bond donors (Lipinski definition) is 2. The first-order valence-corrected chi connectivity index (χ1v) is 10.5. The Morgan fingerprint density at radius 2 is 2.07 bits per heavy atom. The number of fused-ring (bicyclic) bond motifs is 1. The summed E-state index contributed by atoms with van der Waals surface area (Å²) in [6.07, 6.45) is 9.34.